The second-order valence-corrected chi connectivity index (χ2v) is 11.4. The Kier molecular flexibility index (Phi) is 7.96. The van der Waals surface area contributed by atoms with Gasteiger partial charge in [0.1, 0.15) is 0 Å². The predicted octanol–water partition coefficient (Wildman–Crippen LogP) is 2.40. The number of sulfonamides is 1. The highest BCUT2D eigenvalue weighted by Crippen LogP contribution is 2.18. The molecule has 0 spiro atoms. The van der Waals surface area contributed by atoms with Gasteiger partial charge in [-0.3, -0.25) is 9.69 Å². The summed E-state index contributed by atoms with van der Waals surface area (Å²) >= 11 is 1.69. The summed E-state index contributed by atoms with van der Waals surface area (Å²) in [5, 5.41) is 2.05. The largest absolute Gasteiger partial charge is 0.377 e. The average Bonchev–Trinajstić information content (AvgIpc) is 3.49. The lowest BCUT2D eigenvalue weighted by molar-refractivity contribution is -0.134. The van der Waals surface area contributed by atoms with Gasteiger partial charge >= 0.3 is 0 Å². The van der Waals surface area contributed by atoms with Crippen LogP contribution in [0.25, 0.3) is 0 Å². The Labute approximate surface area is 194 Å². The smallest absolute Gasteiger partial charge is 0.236 e. The van der Waals surface area contributed by atoms with E-state index in [2.05, 4.69) is 16.3 Å². The van der Waals surface area contributed by atoms with Gasteiger partial charge in [0, 0.05) is 50.8 Å². The summed E-state index contributed by atoms with van der Waals surface area (Å²) in [6.45, 7) is 4.15. The molecular formula is C23H31N3O4S2. The van der Waals surface area contributed by atoms with Crippen molar-refractivity contribution in [2.75, 3.05) is 45.9 Å². The van der Waals surface area contributed by atoms with Crippen LogP contribution in [0.2, 0.25) is 0 Å². The fraction of sp³-hybridized carbons (Fsp3) is 0.522. The van der Waals surface area contributed by atoms with E-state index in [1.165, 1.54) is 9.18 Å². The molecule has 2 aliphatic heterocycles. The van der Waals surface area contributed by atoms with Crippen molar-refractivity contribution in [3.63, 3.8) is 0 Å². The van der Waals surface area contributed by atoms with Crippen LogP contribution in [0.1, 0.15) is 23.3 Å². The zero-order chi connectivity index (χ0) is 22.4. The molecule has 1 atom stereocenters. The fourth-order valence-electron chi connectivity index (χ4n) is 4.27. The van der Waals surface area contributed by atoms with Gasteiger partial charge in [-0.2, -0.15) is 4.31 Å². The summed E-state index contributed by atoms with van der Waals surface area (Å²) < 4.78 is 32.9. The van der Waals surface area contributed by atoms with Crippen molar-refractivity contribution in [2.24, 2.45) is 0 Å². The first-order valence-corrected chi connectivity index (χ1v) is 13.6. The van der Waals surface area contributed by atoms with Crippen molar-refractivity contribution in [2.45, 2.75) is 31.2 Å². The Balaban J connectivity index is 1.31. The zero-order valence-electron chi connectivity index (χ0n) is 18.3. The number of ether oxygens (including phenoxy) is 1. The molecule has 0 bridgehead atoms. The molecule has 1 amide bonds. The minimum Gasteiger partial charge on any atom is -0.377 e. The van der Waals surface area contributed by atoms with Gasteiger partial charge in [0.2, 0.25) is 15.9 Å². The van der Waals surface area contributed by atoms with E-state index in [1.807, 2.05) is 36.4 Å². The quantitative estimate of drug-likeness (QED) is 0.555. The number of thiophene rings is 1. The third-order valence-electron chi connectivity index (χ3n) is 5.98. The van der Waals surface area contributed by atoms with Crippen molar-refractivity contribution in [1.29, 1.82) is 0 Å². The van der Waals surface area contributed by atoms with Crippen molar-refractivity contribution in [3.8, 4) is 0 Å². The maximum absolute atomic E-state index is 13.0. The molecule has 0 saturated carbocycles. The number of hydrogen-bond donors (Lipinski definition) is 0. The summed E-state index contributed by atoms with van der Waals surface area (Å²) in [6.07, 6.45) is 2.29. The molecule has 2 aromatic rings. The summed E-state index contributed by atoms with van der Waals surface area (Å²) in [5.74, 6) is 0.0530. The van der Waals surface area contributed by atoms with Crippen LogP contribution < -0.4 is 0 Å². The second kappa shape index (κ2) is 10.9. The molecule has 1 aromatic carbocycles. The Hall–Kier alpha value is -1.78. The van der Waals surface area contributed by atoms with Gasteiger partial charge < -0.3 is 9.64 Å². The first-order chi connectivity index (χ1) is 15.5. The number of nitrogens with zero attached hydrogens (tertiary/aromatic N) is 3. The van der Waals surface area contributed by atoms with Crippen LogP contribution in [-0.2, 0) is 31.9 Å². The molecule has 174 valence electrons. The minimum atomic E-state index is -3.39. The minimum absolute atomic E-state index is 0.00222. The number of carbonyl (C=O) groups excluding carboxylic acids is 1. The highest BCUT2D eigenvalue weighted by Gasteiger charge is 2.30. The van der Waals surface area contributed by atoms with Gasteiger partial charge in [0.15, 0.2) is 0 Å². The molecule has 0 aliphatic carbocycles. The lowest BCUT2D eigenvalue weighted by Gasteiger charge is -2.35. The number of benzene rings is 1. The first-order valence-electron chi connectivity index (χ1n) is 11.2. The SMILES string of the molecule is O=C(CN(Cc1cccs1)C[C@@H]1CCCO1)N1CCN(S(=O)(=O)Cc2ccccc2)CC1. The topological polar surface area (TPSA) is 70.2 Å². The summed E-state index contributed by atoms with van der Waals surface area (Å²) in [7, 11) is -3.39. The third-order valence-corrected chi connectivity index (χ3v) is 8.69. The molecule has 0 radical (unpaired) electrons. The van der Waals surface area contributed by atoms with Crippen LogP contribution >= 0.6 is 11.3 Å². The molecule has 2 aliphatic rings. The highest BCUT2D eigenvalue weighted by molar-refractivity contribution is 7.88. The van der Waals surface area contributed by atoms with Crippen molar-refractivity contribution in [3.05, 3.63) is 58.3 Å². The van der Waals surface area contributed by atoms with E-state index in [4.69, 9.17) is 4.74 Å². The maximum atomic E-state index is 13.0. The van der Waals surface area contributed by atoms with Gasteiger partial charge in [-0.15, -0.1) is 11.3 Å². The lowest BCUT2D eigenvalue weighted by Crippen LogP contribution is -2.53. The van der Waals surface area contributed by atoms with Crippen LogP contribution in [-0.4, -0.2) is 80.4 Å². The van der Waals surface area contributed by atoms with Gasteiger partial charge in [0.05, 0.1) is 18.4 Å². The molecule has 2 fully saturated rings. The molecule has 2 saturated heterocycles. The molecule has 9 heteroatoms. The molecule has 7 nitrogen and oxygen atoms in total. The third kappa shape index (κ3) is 6.39. The summed E-state index contributed by atoms with van der Waals surface area (Å²) in [4.78, 5) is 18.2. The van der Waals surface area contributed by atoms with Gasteiger partial charge in [-0.1, -0.05) is 36.4 Å². The monoisotopic (exact) mass is 477 g/mol. The number of rotatable bonds is 9. The first kappa shape index (κ1) is 23.4. The molecule has 32 heavy (non-hydrogen) atoms. The number of piperazine rings is 1. The van der Waals surface area contributed by atoms with Crippen LogP contribution in [0.3, 0.4) is 0 Å². The van der Waals surface area contributed by atoms with Crippen molar-refractivity contribution < 1.29 is 17.9 Å². The summed E-state index contributed by atoms with van der Waals surface area (Å²) in [5.41, 5.74) is 0.782. The van der Waals surface area contributed by atoms with E-state index >= 15 is 0 Å². The van der Waals surface area contributed by atoms with E-state index in [-0.39, 0.29) is 17.8 Å². The van der Waals surface area contributed by atoms with E-state index in [0.717, 1.165) is 38.1 Å². The van der Waals surface area contributed by atoms with Crippen LogP contribution in [0, 0.1) is 0 Å². The van der Waals surface area contributed by atoms with Gasteiger partial charge in [-0.05, 0) is 29.9 Å². The van der Waals surface area contributed by atoms with Crippen molar-refractivity contribution in [1.82, 2.24) is 14.1 Å². The molecule has 4 rings (SSSR count). The number of hydrogen-bond acceptors (Lipinski definition) is 6. The molecule has 1 aromatic heterocycles. The van der Waals surface area contributed by atoms with E-state index in [0.29, 0.717) is 32.7 Å². The lowest BCUT2D eigenvalue weighted by atomic mass is 10.2. The number of amides is 1. The van der Waals surface area contributed by atoms with Crippen LogP contribution in [0.4, 0.5) is 0 Å². The van der Waals surface area contributed by atoms with Crippen molar-refractivity contribution >= 4 is 27.3 Å². The average molecular weight is 478 g/mol. The zero-order valence-corrected chi connectivity index (χ0v) is 19.9. The molecule has 3 heterocycles. The van der Waals surface area contributed by atoms with Crippen LogP contribution in [0.5, 0.6) is 0 Å². The standard InChI is InChI=1S/C23H31N3O4S2/c27-23(18-24(16-21-8-4-14-30-21)17-22-9-5-15-31-22)25-10-12-26(13-11-25)32(28,29)19-20-6-2-1-3-7-20/h1-3,5-7,9,15,21H,4,8,10-14,16-19H2/t21-/m0/s1. The van der Waals surface area contributed by atoms with Gasteiger partial charge in [-0.25, -0.2) is 8.42 Å². The van der Waals surface area contributed by atoms with Crippen LogP contribution in [0.15, 0.2) is 47.8 Å². The fourth-order valence-corrected chi connectivity index (χ4v) is 6.53. The van der Waals surface area contributed by atoms with E-state index in [1.54, 1.807) is 16.2 Å². The van der Waals surface area contributed by atoms with Gasteiger partial charge in [0.25, 0.3) is 0 Å². The maximum Gasteiger partial charge on any atom is 0.236 e. The van der Waals surface area contributed by atoms with E-state index in [9.17, 15) is 13.2 Å². The highest BCUT2D eigenvalue weighted by atomic mass is 32.2. The Morgan fingerprint density at radius 1 is 1.09 bits per heavy atom. The Morgan fingerprint density at radius 3 is 2.53 bits per heavy atom. The molecular weight excluding hydrogens is 446 g/mol. The second-order valence-electron chi connectivity index (χ2n) is 8.41. The Bertz CT molecular complexity index is 952. The number of carbonyl (C=O) groups is 1. The normalized spacial score (nSPS) is 20.2. The predicted molar refractivity (Wildman–Crippen MR) is 126 cm³/mol. The van der Waals surface area contributed by atoms with E-state index < -0.39 is 10.0 Å². The molecule has 0 unspecified atom stereocenters. The summed E-state index contributed by atoms with van der Waals surface area (Å²) in [6, 6.07) is 13.3. The Morgan fingerprint density at radius 2 is 1.88 bits per heavy atom. The molecule has 0 N–H and O–H groups in total.